The number of ketones is 1. The molecule has 3 heteroatoms. The third kappa shape index (κ3) is 2.86. The molecular weight excluding hydrogens is 361 g/mol. The van der Waals surface area contributed by atoms with Crippen molar-refractivity contribution < 1.29 is 4.79 Å². The highest BCUT2D eigenvalue weighted by molar-refractivity contribution is 14.1. The number of nitrogens with one attached hydrogen (secondary N) is 1. The number of anilines is 1. The summed E-state index contributed by atoms with van der Waals surface area (Å²) in [6.07, 6.45) is 5.68. The van der Waals surface area contributed by atoms with Gasteiger partial charge in [-0.05, 0) is 59.3 Å². The van der Waals surface area contributed by atoms with Gasteiger partial charge in [-0.2, -0.15) is 0 Å². The molecule has 0 spiro atoms. The number of hydrogen-bond acceptors (Lipinski definition) is 2. The van der Waals surface area contributed by atoms with Gasteiger partial charge >= 0.3 is 0 Å². The van der Waals surface area contributed by atoms with Crippen molar-refractivity contribution in [3.05, 3.63) is 63.7 Å². The lowest BCUT2D eigenvalue weighted by atomic mass is 9.86. The van der Waals surface area contributed by atoms with Crippen LogP contribution in [0.3, 0.4) is 0 Å². The Kier molecular flexibility index (Phi) is 4.46. The second kappa shape index (κ2) is 6.10. The lowest BCUT2D eigenvalue weighted by molar-refractivity contribution is -0.119. The number of hydrogen-bond donors (Lipinski definition) is 1. The maximum Gasteiger partial charge on any atom is 0.183 e. The van der Waals surface area contributed by atoms with Crippen molar-refractivity contribution >= 4 is 34.1 Å². The highest BCUT2D eigenvalue weighted by Crippen LogP contribution is 2.27. The van der Waals surface area contributed by atoms with Crippen LogP contribution in [0.5, 0.6) is 0 Å². The Morgan fingerprint density at radius 3 is 2.25 bits per heavy atom. The van der Waals surface area contributed by atoms with E-state index in [-0.39, 0.29) is 5.78 Å². The highest BCUT2D eigenvalue weighted by atomic mass is 127. The minimum absolute atomic E-state index is 0.107. The summed E-state index contributed by atoms with van der Waals surface area (Å²) in [5.41, 5.74) is 0.463. The first kappa shape index (κ1) is 14.6. The van der Waals surface area contributed by atoms with Crippen molar-refractivity contribution in [2.75, 3.05) is 5.32 Å². The largest absolute Gasteiger partial charge is 0.359 e. The van der Waals surface area contributed by atoms with Crippen molar-refractivity contribution in [1.82, 2.24) is 0 Å². The zero-order valence-electron chi connectivity index (χ0n) is 11.1. The van der Waals surface area contributed by atoms with E-state index in [9.17, 15) is 4.79 Å². The molecule has 0 saturated heterocycles. The average molecular weight is 375 g/mol. The summed E-state index contributed by atoms with van der Waals surface area (Å²) >= 11 is 2.23. The third-order valence-corrected chi connectivity index (χ3v) is 3.85. The maximum atomic E-state index is 12.2. The van der Waals surface area contributed by atoms with Crippen LogP contribution >= 0.6 is 22.6 Å². The average Bonchev–Trinajstić information content (AvgIpc) is 2.47. The summed E-state index contributed by atoms with van der Waals surface area (Å²) in [5, 5.41) is 3.20. The normalized spacial score (nSPS) is 13.1. The van der Waals surface area contributed by atoms with Gasteiger partial charge in [0.2, 0.25) is 0 Å². The molecule has 0 heterocycles. The Bertz CT molecular complexity index is 643. The number of rotatable bonds is 4. The fraction of sp³-hybridized carbons (Fsp3) is 0.118. The van der Waals surface area contributed by atoms with Gasteiger partial charge in [0.15, 0.2) is 11.3 Å². The third-order valence-electron chi connectivity index (χ3n) is 3.13. The number of Topliss-reactive ketones (excluding diaryl/α,β-unsaturated/α-hetero) is 1. The van der Waals surface area contributed by atoms with E-state index < -0.39 is 5.54 Å². The highest BCUT2D eigenvalue weighted by Gasteiger charge is 2.35. The van der Waals surface area contributed by atoms with Crippen LogP contribution in [0.2, 0.25) is 0 Å². The van der Waals surface area contributed by atoms with Crippen LogP contribution in [0, 0.1) is 15.9 Å². The fourth-order valence-corrected chi connectivity index (χ4v) is 2.38. The summed E-state index contributed by atoms with van der Waals surface area (Å²) in [4.78, 5) is 12.2. The van der Waals surface area contributed by atoms with Crippen LogP contribution in [0.25, 0.3) is 0 Å². The zero-order valence-corrected chi connectivity index (χ0v) is 13.2. The molecule has 1 atom stereocenters. The fourth-order valence-electron chi connectivity index (χ4n) is 2.02. The van der Waals surface area contributed by atoms with Gasteiger partial charge in [0, 0.05) is 9.26 Å². The number of carbonyl (C=O) groups is 1. The van der Waals surface area contributed by atoms with Gasteiger partial charge in [-0.1, -0.05) is 36.3 Å². The monoisotopic (exact) mass is 375 g/mol. The quantitative estimate of drug-likeness (QED) is 0.650. The van der Waals surface area contributed by atoms with Gasteiger partial charge in [0.1, 0.15) is 0 Å². The molecule has 2 aromatic carbocycles. The minimum Gasteiger partial charge on any atom is -0.359 e. The summed E-state index contributed by atoms with van der Waals surface area (Å²) in [7, 11) is 0. The molecule has 100 valence electrons. The molecule has 0 aromatic heterocycles. The van der Waals surface area contributed by atoms with E-state index in [4.69, 9.17) is 6.42 Å². The first-order valence-electron chi connectivity index (χ1n) is 6.16. The Hall–Kier alpha value is -1.80. The van der Waals surface area contributed by atoms with E-state index >= 15 is 0 Å². The number of terminal acetylenes is 1. The van der Waals surface area contributed by atoms with Gasteiger partial charge < -0.3 is 5.32 Å². The van der Waals surface area contributed by atoms with Crippen molar-refractivity contribution in [2.24, 2.45) is 0 Å². The summed E-state index contributed by atoms with van der Waals surface area (Å²) in [6.45, 7) is 1.51. The lowest BCUT2D eigenvalue weighted by Gasteiger charge is -2.28. The molecular formula is C17H14INO. The van der Waals surface area contributed by atoms with Crippen LogP contribution in [0.1, 0.15) is 12.5 Å². The predicted octanol–water partition coefficient (Wildman–Crippen LogP) is 3.82. The molecule has 0 bridgehead atoms. The van der Waals surface area contributed by atoms with Crippen molar-refractivity contribution in [3.8, 4) is 12.3 Å². The molecule has 0 unspecified atom stereocenters. The lowest BCUT2D eigenvalue weighted by Crippen LogP contribution is -2.40. The topological polar surface area (TPSA) is 29.1 Å². The summed E-state index contributed by atoms with van der Waals surface area (Å²) < 4.78 is 1.13. The molecule has 2 nitrogen and oxygen atoms in total. The van der Waals surface area contributed by atoms with Crippen molar-refractivity contribution in [3.63, 3.8) is 0 Å². The predicted molar refractivity (Wildman–Crippen MR) is 90.4 cm³/mol. The molecule has 0 amide bonds. The number of halogens is 1. The van der Waals surface area contributed by atoms with E-state index in [1.165, 1.54) is 6.92 Å². The Balaban J connectivity index is 2.46. The molecule has 0 aliphatic rings. The van der Waals surface area contributed by atoms with Gasteiger partial charge in [0.05, 0.1) is 0 Å². The maximum absolute atomic E-state index is 12.2. The Morgan fingerprint density at radius 2 is 1.75 bits per heavy atom. The standard InChI is InChI=1S/C17H14INO/c1-3-17(13(2)20,14-7-5-4-6-8-14)19-16-11-9-15(18)10-12-16/h1,4-12,19H,2H3/t17-/m0/s1. The molecule has 2 aromatic rings. The number of carbonyl (C=O) groups excluding carboxylic acids is 1. The van der Waals surface area contributed by atoms with E-state index in [0.717, 1.165) is 14.8 Å². The second-order valence-corrected chi connectivity index (χ2v) is 5.69. The second-order valence-electron chi connectivity index (χ2n) is 4.45. The van der Waals surface area contributed by atoms with Crippen LogP contribution < -0.4 is 5.32 Å². The van der Waals surface area contributed by atoms with Crippen LogP contribution in [0.4, 0.5) is 5.69 Å². The molecule has 0 radical (unpaired) electrons. The number of benzene rings is 2. The summed E-state index contributed by atoms with van der Waals surface area (Å²) in [6, 6.07) is 17.1. The van der Waals surface area contributed by atoms with E-state index in [1.807, 2.05) is 54.6 Å². The zero-order chi connectivity index (χ0) is 14.6. The van der Waals surface area contributed by atoms with E-state index in [1.54, 1.807) is 0 Å². The molecule has 0 fully saturated rings. The molecule has 2 rings (SSSR count). The molecule has 0 aliphatic heterocycles. The van der Waals surface area contributed by atoms with Crippen LogP contribution in [0.15, 0.2) is 54.6 Å². The molecule has 1 N–H and O–H groups in total. The Labute approximate surface area is 132 Å². The summed E-state index contributed by atoms with van der Waals surface area (Å²) in [5.74, 6) is 2.53. The first-order valence-corrected chi connectivity index (χ1v) is 7.24. The first-order chi connectivity index (χ1) is 9.58. The van der Waals surface area contributed by atoms with Crippen LogP contribution in [-0.2, 0) is 10.3 Å². The molecule has 0 aliphatic carbocycles. The van der Waals surface area contributed by atoms with Crippen molar-refractivity contribution in [2.45, 2.75) is 12.5 Å². The van der Waals surface area contributed by atoms with Crippen LogP contribution in [-0.4, -0.2) is 5.78 Å². The van der Waals surface area contributed by atoms with Gasteiger partial charge in [-0.3, -0.25) is 4.79 Å². The smallest absolute Gasteiger partial charge is 0.183 e. The SMILES string of the molecule is C#C[C@](Nc1ccc(I)cc1)(C(C)=O)c1ccccc1. The van der Waals surface area contributed by atoms with E-state index in [2.05, 4.69) is 33.8 Å². The van der Waals surface area contributed by atoms with Gasteiger partial charge in [0.25, 0.3) is 0 Å². The Morgan fingerprint density at radius 1 is 1.15 bits per heavy atom. The molecule has 0 saturated carbocycles. The molecule has 20 heavy (non-hydrogen) atoms. The van der Waals surface area contributed by atoms with Crippen molar-refractivity contribution in [1.29, 1.82) is 0 Å². The van der Waals surface area contributed by atoms with Gasteiger partial charge in [-0.25, -0.2) is 0 Å². The minimum atomic E-state index is -1.13. The van der Waals surface area contributed by atoms with Gasteiger partial charge in [-0.15, -0.1) is 6.42 Å². The van der Waals surface area contributed by atoms with E-state index in [0.29, 0.717) is 0 Å².